The van der Waals surface area contributed by atoms with Crippen molar-refractivity contribution in [2.75, 3.05) is 41.0 Å². The van der Waals surface area contributed by atoms with E-state index >= 15 is 0 Å². The lowest BCUT2D eigenvalue weighted by atomic mass is 10.1. The van der Waals surface area contributed by atoms with E-state index in [1.807, 2.05) is 30.3 Å². The maximum atomic E-state index is 13.4. The number of benzene rings is 5. The van der Waals surface area contributed by atoms with Crippen molar-refractivity contribution in [3.05, 3.63) is 159 Å². The van der Waals surface area contributed by atoms with Gasteiger partial charge < -0.3 is 53.7 Å². The second kappa shape index (κ2) is 27.0. The highest BCUT2D eigenvalue weighted by molar-refractivity contribution is 8.13. The number of carbonyl (C=O) groups is 5. The number of carbonyl (C=O) groups excluding carboxylic acids is 5. The molecule has 6 aliphatic rings. The van der Waals surface area contributed by atoms with Crippen molar-refractivity contribution < 1.29 is 63.0 Å². The molecule has 5 aromatic rings. The van der Waals surface area contributed by atoms with Crippen LogP contribution in [0.2, 0.25) is 0 Å². The summed E-state index contributed by atoms with van der Waals surface area (Å²) in [5.74, 6) is 2.71. The fourth-order valence-corrected chi connectivity index (χ4v) is 11.7. The Morgan fingerprint density at radius 3 is 1.18 bits per heavy atom. The molecule has 0 spiro atoms. The normalized spacial score (nSPS) is 17.9. The van der Waals surface area contributed by atoms with Gasteiger partial charge in [-0.25, -0.2) is 0 Å². The summed E-state index contributed by atoms with van der Waals surface area (Å²) in [6.45, 7) is 16.9. The van der Waals surface area contributed by atoms with Gasteiger partial charge in [-0.05, 0) is 76.9 Å². The summed E-state index contributed by atoms with van der Waals surface area (Å²) in [6.07, 6.45) is 7.46. The maximum Gasteiger partial charge on any atom is 0.257 e. The van der Waals surface area contributed by atoms with Gasteiger partial charge in [0.05, 0.1) is 86.4 Å². The van der Waals surface area contributed by atoms with E-state index in [-0.39, 0.29) is 84.0 Å². The molecule has 0 bridgehead atoms. The van der Waals surface area contributed by atoms with E-state index in [0.29, 0.717) is 101 Å². The first-order chi connectivity index (χ1) is 40.8. The van der Waals surface area contributed by atoms with Crippen molar-refractivity contribution in [2.24, 2.45) is 15.0 Å². The average Bonchev–Trinajstić information content (AvgIpc) is 4.31. The molecule has 3 fully saturated rings. The van der Waals surface area contributed by atoms with Crippen LogP contribution in [0.1, 0.15) is 97.6 Å². The number of phenols is 1. The fourth-order valence-electron chi connectivity index (χ4n) is 10.6. The highest BCUT2D eigenvalue weighted by atomic mass is 32.2. The van der Waals surface area contributed by atoms with Gasteiger partial charge in [0, 0.05) is 81.8 Å². The molecule has 0 aliphatic carbocycles. The third-order valence-corrected chi connectivity index (χ3v) is 16.4. The van der Waals surface area contributed by atoms with Crippen LogP contribution in [0, 0.1) is 0 Å². The summed E-state index contributed by atoms with van der Waals surface area (Å²) in [4.78, 5) is 80.8. The highest BCUT2D eigenvalue weighted by Crippen LogP contribution is 2.42. The molecule has 19 nitrogen and oxygen atoms in total. The molecular formula is C64H66N6O13S2. The van der Waals surface area contributed by atoms with Crippen molar-refractivity contribution in [1.82, 2.24) is 14.7 Å². The first kappa shape index (κ1) is 61.1. The third kappa shape index (κ3) is 14.4. The number of fused-ring (bicyclic) bond motifs is 6. The van der Waals surface area contributed by atoms with E-state index in [1.54, 1.807) is 63.7 Å². The summed E-state index contributed by atoms with van der Waals surface area (Å²) in [7, 11) is 4.52. The molecule has 3 N–H and O–H groups in total. The molecule has 442 valence electrons. The number of phenolic OH excluding ortho intramolecular Hbond substituents is 1. The Bertz CT molecular complexity index is 3460. The number of rotatable bonds is 15. The molecule has 85 heavy (non-hydrogen) atoms. The van der Waals surface area contributed by atoms with Gasteiger partial charge in [-0.15, -0.1) is 0 Å². The van der Waals surface area contributed by atoms with E-state index < -0.39 is 0 Å². The number of methoxy groups -OCH3 is 3. The number of aromatic hydroxyl groups is 1. The van der Waals surface area contributed by atoms with Crippen LogP contribution in [0.5, 0.6) is 34.5 Å². The molecular weight excluding hydrogens is 1120 g/mol. The van der Waals surface area contributed by atoms with Gasteiger partial charge in [0.2, 0.25) is 0 Å². The summed E-state index contributed by atoms with van der Waals surface area (Å²) >= 11 is 2.44. The van der Waals surface area contributed by atoms with E-state index in [9.17, 15) is 29.1 Å². The van der Waals surface area contributed by atoms with Crippen LogP contribution in [-0.2, 0) is 47.5 Å². The molecule has 6 heterocycles. The second-order valence-electron chi connectivity index (χ2n) is 21.0. The number of aliphatic hydroxyl groups is 2. The molecule has 3 amide bonds. The minimum absolute atomic E-state index is 0.0126. The van der Waals surface area contributed by atoms with Gasteiger partial charge >= 0.3 is 0 Å². The number of aliphatic hydroxyl groups excluding tert-OH is 2. The molecule has 0 aromatic heterocycles. The summed E-state index contributed by atoms with van der Waals surface area (Å²) < 4.78 is 28.9. The third-order valence-electron chi connectivity index (χ3n) is 14.6. The Morgan fingerprint density at radius 1 is 0.494 bits per heavy atom. The highest BCUT2D eigenvalue weighted by Gasteiger charge is 2.37. The van der Waals surface area contributed by atoms with Gasteiger partial charge in [0.1, 0.15) is 13.2 Å². The monoisotopic (exact) mass is 1190 g/mol. The Labute approximate surface area is 501 Å². The van der Waals surface area contributed by atoms with Gasteiger partial charge in [-0.1, -0.05) is 90.3 Å². The summed E-state index contributed by atoms with van der Waals surface area (Å²) in [5.41, 5.74) is 11.0. The first-order valence-corrected chi connectivity index (χ1v) is 29.2. The molecule has 3 saturated heterocycles. The molecule has 5 aromatic carbocycles. The lowest BCUT2D eigenvalue weighted by Crippen LogP contribution is -2.35. The zero-order valence-electron chi connectivity index (χ0n) is 47.9. The zero-order valence-corrected chi connectivity index (χ0v) is 49.6. The first-order valence-electron chi connectivity index (χ1n) is 27.2. The lowest BCUT2D eigenvalue weighted by Gasteiger charge is -2.20. The number of thioether (sulfide) groups is 2. The van der Waals surface area contributed by atoms with Gasteiger partial charge in [0.15, 0.2) is 44.7 Å². The molecule has 0 unspecified atom stereocenters. The van der Waals surface area contributed by atoms with Crippen molar-refractivity contribution >= 4 is 87.2 Å². The number of amides is 3. The Balaban J connectivity index is 0.000000205. The molecule has 11 rings (SSSR count). The van der Waals surface area contributed by atoms with Crippen molar-refractivity contribution in [3.8, 4) is 34.5 Å². The van der Waals surface area contributed by atoms with Gasteiger partial charge in [0.25, 0.3) is 17.7 Å². The smallest absolute Gasteiger partial charge is 0.257 e. The van der Waals surface area contributed by atoms with Crippen molar-refractivity contribution in [3.63, 3.8) is 0 Å². The average molecular weight is 1190 g/mol. The quantitative estimate of drug-likeness (QED) is 0.0827. The number of ether oxygens (including phenoxy) is 5. The van der Waals surface area contributed by atoms with Crippen LogP contribution in [0.15, 0.2) is 124 Å². The Hall–Kier alpha value is -8.50. The Morgan fingerprint density at radius 2 is 0.824 bits per heavy atom. The topological polar surface area (TPSA) is 239 Å². The molecule has 6 aliphatic heterocycles. The fraction of sp³-hybridized carbons (Fsp3) is 0.312. The number of aliphatic imine (C=N–C) groups is 3. The number of nitrogens with zero attached hydrogens (tertiary/aromatic N) is 6. The Kier molecular flexibility index (Phi) is 19.4. The molecule has 3 atom stereocenters. The largest absolute Gasteiger partial charge is 0.504 e. The van der Waals surface area contributed by atoms with E-state index in [4.69, 9.17) is 33.9 Å². The standard InChI is InChI=1S/C39H38N4O7S.C14H14N2O3.C11H14O3S/c1-22-6-28-15-40-32-13-36(34(47-4)11-30(32)38(45)42(28)17-22)49-19-25-8-26(10-27(9-25)21-51-24(3)44)20-50-37-14-33-31(12-35(37)48-5)39(46)43-18-23(2)7-29(43)16-41-33;1-8-3-9-6-15-11-5-12(17)13(19-2)4-10(11)14(18)16(9)7-8;1-8(14)15-7-11-3-9(5-12)2-10(4-11)6-13/h8-16,28-29H,1-2,6-7,17-21H2,3-5H3;4-6,9,17H,1,3,7H2,2H3;2-4,12-13H,5-7H2,1H3/t28-,29-;9-;/m00./s1. The van der Waals surface area contributed by atoms with Crippen LogP contribution >= 0.6 is 23.5 Å². The van der Waals surface area contributed by atoms with Crippen LogP contribution in [0.3, 0.4) is 0 Å². The number of hydrogen-bond donors (Lipinski definition) is 3. The zero-order chi connectivity index (χ0) is 60.6. The predicted octanol–water partition coefficient (Wildman–Crippen LogP) is 9.95. The molecule has 0 saturated carbocycles. The van der Waals surface area contributed by atoms with Gasteiger partial charge in [-0.3, -0.25) is 38.9 Å². The van der Waals surface area contributed by atoms with Crippen molar-refractivity contribution in [2.45, 2.75) is 89.2 Å². The minimum atomic E-state index is -0.122. The maximum absolute atomic E-state index is 13.4. The van der Waals surface area contributed by atoms with Crippen LogP contribution < -0.4 is 23.7 Å². The second-order valence-corrected chi connectivity index (χ2v) is 23.4. The summed E-state index contributed by atoms with van der Waals surface area (Å²) in [6, 6.07) is 20.9. The molecule has 0 radical (unpaired) electrons. The summed E-state index contributed by atoms with van der Waals surface area (Å²) in [5, 5.41) is 27.8. The predicted molar refractivity (Wildman–Crippen MR) is 328 cm³/mol. The van der Waals surface area contributed by atoms with E-state index in [1.165, 1.54) is 70.8 Å². The minimum Gasteiger partial charge on any atom is -0.504 e. The van der Waals surface area contributed by atoms with E-state index in [2.05, 4.69) is 34.7 Å². The van der Waals surface area contributed by atoms with Crippen LogP contribution in [-0.4, -0.2) is 136 Å². The van der Waals surface area contributed by atoms with E-state index in [0.717, 1.165) is 56.5 Å². The van der Waals surface area contributed by atoms with Crippen LogP contribution in [0.25, 0.3) is 0 Å². The number of hydrogen-bond acceptors (Lipinski definition) is 18. The van der Waals surface area contributed by atoms with Crippen LogP contribution in [0.4, 0.5) is 17.1 Å². The lowest BCUT2D eigenvalue weighted by molar-refractivity contribution is -0.109. The van der Waals surface area contributed by atoms with Crippen molar-refractivity contribution in [1.29, 1.82) is 0 Å². The molecule has 21 heteroatoms. The van der Waals surface area contributed by atoms with Gasteiger partial charge in [-0.2, -0.15) is 0 Å². The SMILES string of the molecule is C=C1C[C@H]2C=Nc3cc(O)c(OC)cc3C(=O)N2C1.C=C1C[C@H]2C=Nc3cc(OCc4cc(COc5cc6c(cc5OC)C(=O)N5CC(=C)C[C@H]5C=N6)cc(CSC(C)=O)c4)c(OC)cc3C(=O)N2C1.CC(=O)SCc1cc(CO)cc(CO)c1.